The van der Waals surface area contributed by atoms with E-state index in [-0.39, 0.29) is 0 Å². The average molecular weight is 293 g/mol. The van der Waals surface area contributed by atoms with Crippen LogP contribution >= 0.6 is 0 Å². The molecule has 3 nitrogen and oxygen atoms in total. The minimum absolute atomic E-state index is 0.863. The molecule has 0 radical (unpaired) electrons. The van der Waals surface area contributed by atoms with E-state index < -0.39 is 0 Å². The van der Waals surface area contributed by atoms with Crippen LogP contribution in [0.3, 0.4) is 0 Å². The standard InChI is InChI=1S/C19H23N3/c1-2-8-16(9-3-1)19-20-12-17-10-11-22(14-18(17)21-19)13-15-6-4-5-7-15/h1-3,8-9,12,15H,4-7,10-11,13-14H2. The van der Waals surface area contributed by atoms with E-state index >= 15 is 0 Å². The van der Waals surface area contributed by atoms with Crippen LogP contribution in [0.4, 0.5) is 0 Å². The number of nitrogens with zero attached hydrogens (tertiary/aromatic N) is 3. The Morgan fingerprint density at radius 2 is 1.91 bits per heavy atom. The fourth-order valence-electron chi connectivity index (χ4n) is 3.80. The zero-order valence-corrected chi connectivity index (χ0v) is 13.0. The first-order chi connectivity index (χ1) is 10.9. The molecule has 0 bridgehead atoms. The molecule has 114 valence electrons. The Morgan fingerprint density at radius 1 is 1.09 bits per heavy atom. The third-order valence-corrected chi connectivity index (χ3v) is 5.05. The second-order valence-electron chi connectivity index (χ2n) is 6.67. The van der Waals surface area contributed by atoms with Gasteiger partial charge < -0.3 is 0 Å². The summed E-state index contributed by atoms with van der Waals surface area (Å²) in [6.07, 6.45) is 8.82. The van der Waals surface area contributed by atoms with Crippen LogP contribution in [0.2, 0.25) is 0 Å². The molecule has 0 N–H and O–H groups in total. The molecule has 0 unspecified atom stereocenters. The molecule has 22 heavy (non-hydrogen) atoms. The van der Waals surface area contributed by atoms with E-state index in [1.165, 1.54) is 43.5 Å². The summed E-state index contributed by atoms with van der Waals surface area (Å²) in [4.78, 5) is 12.0. The number of hydrogen-bond donors (Lipinski definition) is 0. The average Bonchev–Trinajstić information content (AvgIpc) is 3.08. The Bertz CT molecular complexity index is 632. The quantitative estimate of drug-likeness (QED) is 0.864. The zero-order chi connectivity index (χ0) is 14.8. The van der Waals surface area contributed by atoms with Crippen LogP contribution in [0.15, 0.2) is 36.5 Å². The van der Waals surface area contributed by atoms with Gasteiger partial charge in [0.25, 0.3) is 0 Å². The topological polar surface area (TPSA) is 29.0 Å². The molecule has 1 aliphatic heterocycles. The fraction of sp³-hybridized carbons (Fsp3) is 0.474. The van der Waals surface area contributed by atoms with Crippen LogP contribution in [0.25, 0.3) is 11.4 Å². The molecule has 3 heteroatoms. The highest BCUT2D eigenvalue weighted by Crippen LogP contribution is 2.27. The van der Waals surface area contributed by atoms with Gasteiger partial charge in [0.1, 0.15) is 0 Å². The van der Waals surface area contributed by atoms with Crippen molar-refractivity contribution in [1.82, 2.24) is 14.9 Å². The van der Waals surface area contributed by atoms with Crippen LogP contribution < -0.4 is 0 Å². The molecule has 0 atom stereocenters. The largest absolute Gasteiger partial charge is 0.297 e. The monoisotopic (exact) mass is 293 g/mol. The lowest BCUT2D eigenvalue weighted by atomic mass is 10.0. The lowest BCUT2D eigenvalue weighted by molar-refractivity contribution is 0.211. The van der Waals surface area contributed by atoms with Gasteiger partial charge in [0, 0.05) is 31.4 Å². The van der Waals surface area contributed by atoms with Gasteiger partial charge in [0.2, 0.25) is 0 Å². The van der Waals surface area contributed by atoms with Gasteiger partial charge in [0.05, 0.1) is 5.69 Å². The predicted molar refractivity (Wildman–Crippen MR) is 88.4 cm³/mol. The van der Waals surface area contributed by atoms with Crippen molar-refractivity contribution >= 4 is 0 Å². The fourth-order valence-corrected chi connectivity index (χ4v) is 3.80. The maximum Gasteiger partial charge on any atom is 0.159 e. The summed E-state index contributed by atoms with van der Waals surface area (Å²) in [5.74, 6) is 1.78. The van der Waals surface area contributed by atoms with Crippen LogP contribution in [0, 0.1) is 5.92 Å². The van der Waals surface area contributed by atoms with E-state index in [2.05, 4.69) is 22.0 Å². The summed E-state index contributed by atoms with van der Waals surface area (Å²) < 4.78 is 0. The number of aromatic nitrogens is 2. The molecule has 1 aromatic heterocycles. The first kappa shape index (κ1) is 13.9. The molecule has 0 spiro atoms. The van der Waals surface area contributed by atoms with Gasteiger partial charge in [-0.2, -0.15) is 0 Å². The molecule has 0 amide bonds. The first-order valence-corrected chi connectivity index (χ1v) is 8.51. The summed E-state index contributed by atoms with van der Waals surface area (Å²) in [5.41, 5.74) is 3.68. The van der Waals surface area contributed by atoms with Crippen molar-refractivity contribution in [2.45, 2.75) is 38.6 Å². The summed E-state index contributed by atoms with van der Waals surface area (Å²) in [7, 11) is 0. The highest BCUT2D eigenvalue weighted by atomic mass is 15.1. The third kappa shape index (κ3) is 2.91. The molecular weight excluding hydrogens is 270 g/mol. The van der Waals surface area contributed by atoms with Crippen LogP contribution in [-0.4, -0.2) is 28.0 Å². The number of fused-ring (bicyclic) bond motifs is 1. The molecule has 1 aliphatic carbocycles. The van der Waals surface area contributed by atoms with Crippen molar-refractivity contribution in [3.05, 3.63) is 47.8 Å². The van der Waals surface area contributed by atoms with Crippen molar-refractivity contribution in [1.29, 1.82) is 0 Å². The highest BCUT2D eigenvalue weighted by molar-refractivity contribution is 5.54. The SMILES string of the molecule is c1ccc(-c2ncc3c(n2)CN(CC2CCCC2)CC3)cc1. The third-order valence-electron chi connectivity index (χ3n) is 5.05. The van der Waals surface area contributed by atoms with Gasteiger partial charge in [-0.15, -0.1) is 0 Å². The van der Waals surface area contributed by atoms with Crippen LogP contribution in [-0.2, 0) is 13.0 Å². The van der Waals surface area contributed by atoms with Gasteiger partial charge >= 0.3 is 0 Å². The van der Waals surface area contributed by atoms with E-state index in [1.54, 1.807) is 0 Å². The van der Waals surface area contributed by atoms with Gasteiger partial charge in [0.15, 0.2) is 5.82 Å². The molecule has 2 aromatic rings. The summed E-state index contributed by atoms with van der Waals surface area (Å²) >= 11 is 0. The van der Waals surface area contributed by atoms with Crippen molar-refractivity contribution in [2.75, 3.05) is 13.1 Å². The number of rotatable bonds is 3. The number of benzene rings is 1. The smallest absolute Gasteiger partial charge is 0.159 e. The number of hydrogen-bond acceptors (Lipinski definition) is 3. The maximum absolute atomic E-state index is 4.86. The predicted octanol–water partition coefficient (Wildman–Crippen LogP) is 3.69. The molecular formula is C19H23N3. The Balaban J connectivity index is 1.52. The van der Waals surface area contributed by atoms with Crippen LogP contribution in [0.1, 0.15) is 36.9 Å². The lowest BCUT2D eigenvalue weighted by Gasteiger charge is -2.30. The van der Waals surface area contributed by atoms with Gasteiger partial charge in [-0.05, 0) is 30.7 Å². The van der Waals surface area contributed by atoms with Crippen LogP contribution in [0.5, 0.6) is 0 Å². The summed E-state index contributed by atoms with van der Waals surface area (Å²) in [6.45, 7) is 3.41. The summed E-state index contributed by atoms with van der Waals surface area (Å²) in [6, 6.07) is 10.3. The molecule has 2 heterocycles. The second-order valence-corrected chi connectivity index (χ2v) is 6.67. The van der Waals surface area contributed by atoms with Crippen molar-refractivity contribution in [3.63, 3.8) is 0 Å². The molecule has 0 saturated heterocycles. The highest BCUT2D eigenvalue weighted by Gasteiger charge is 2.23. The van der Waals surface area contributed by atoms with Gasteiger partial charge in [-0.1, -0.05) is 43.2 Å². The summed E-state index contributed by atoms with van der Waals surface area (Å²) in [5, 5.41) is 0. The van der Waals surface area contributed by atoms with E-state index in [0.29, 0.717) is 0 Å². The molecule has 4 rings (SSSR count). The molecule has 1 aromatic carbocycles. The first-order valence-electron chi connectivity index (χ1n) is 8.51. The Hall–Kier alpha value is -1.74. The lowest BCUT2D eigenvalue weighted by Crippen LogP contribution is -2.34. The van der Waals surface area contributed by atoms with Gasteiger partial charge in [-0.3, -0.25) is 4.90 Å². The van der Waals surface area contributed by atoms with E-state index in [1.807, 2.05) is 24.4 Å². The van der Waals surface area contributed by atoms with Crippen molar-refractivity contribution < 1.29 is 0 Å². The Labute approximate surface area is 132 Å². The molecule has 1 fully saturated rings. The second kappa shape index (κ2) is 6.17. The van der Waals surface area contributed by atoms with Gasteiger partial charge in [-0.25, -0.2) is 9.97 Å². The Morgan fingerprint density at radius 3 is 2.73 bits per heavy atom. The molecule has 1 saturated carbocycles. The zero-order valence-electron chi connectivity index (χ0n) is 13.0. The van der Waals surface area contributed by atoms with E-state index in [9.17, 15) is 0 Å². The van der Waals surface area contributed by atoms with E-state index in [0.717, 1.165) is 36.8 Å². The van der Waals surface area contributed by atoms with Crippen molar-refractivity contribution in [2.24, 2.45) is 5.92 Å². The molecule has 2 aliphatic rings. The van der Waals surface area contributed by atoms with E-state index in [4.69, 9.17) is 4.98 Å². The maximum atomic E-state index is 4.86. The Kier molecular flexibility index (Phi) is 3.90. The minimum atomic E-state index is 0.863. The van der Waals surface area contributed by atoms with Crippen molar-refractivity contribution in [3.8, 4) is 11.4 Å². The minimum Gasteiger partial charge on any atom is -0.297 e. The normalized spacial score (nSPS) is 19.3.